The summed E-state index contributed by atoms with van der Waals surface area (Å²) in [6.45, 7) is 6.07. The lowest BCUT2D eigenvalue weighted by molar-refractivity contribution is 0.548. The normalized spacial score (nSPS) is 11.1. The van der Waals surface area contributed by atoms with Crippen molar-refractivity contribution in [2.45, 2.75) is 20.4 Å². The number of hydrogen-bond donors (Lipinski definition) is 1. The van der Waals surface area contributed by atoms with E-state index in [1.807, 2.05) is 12.3 Å². The summed E-state index contributed by atoms with van der Waals surface area (Å²) in [5.41, 5.74) is 1.82. The summed E-state index contributed by atoms with van der Waals surface area (Å²) >= 11 is 3.39. The molecule has 2 aromatic heterocycles. The first kappa shape index (κ1) is 13.2. The Morgan fingerprint density at radius 2 is 2.22 bits per heavy atom. The quantitative estimate of drug-likeness (QED) is 0.919. The first-order valence-electron chi connectivity index (χ1n) is 5.88. The molecule has 0 aromatic carbocycles. The van der Waals surface area contributed by atoms with Crippen molar-refractivity contribution in [3.8, 4) is 5.69 Å². The average molecular weight is 310 g/mol. The number of hydrogen-bond acceptors (Lipinski definition) is 4. The molecule has 0 unspecified atom stereocenters. The van der Waals surface area contributed by atoms with Crippen molar-refractivity contribution in [3.63, 3.8) is 0 Å². The maximum atomic E-state index is 4.13. The van der Waals surface area contributed by atoms with Gasteiger partial charge in [0.2, 0.25) is 0 Å². The van der Waals surface area contributed by atoms with Crippen molar-refractivity contribution in [2.75, 3.05) is 6.54 Å². The van der Waals surface area contributed by atoms with E-state index in [0.717, 1.165) is 28.9 Å². The third-order valence-electron chi connectivity index (χ3n) is 2.35. The molecular formula is C12H16BrN5. The fourth-order valence-corrected chi connectivity index (χ4v) is 1.87. The Morgan fingerprint density at radius 1 is 1.39 bits per heavy atom. The van der Waals surface area contributed by atoms with Gasteiger partial charge in [0.15, 0.2) is 0 Å². The van der Waals surface area contributed by atoms with Gasteiger partial charge in [0.05, 0.1) is 23.8 Å². The van der Waals surface area contributed by atoms with Crippen LogP contribution in [-0.4, -0.2) is 26.5 Å². The number of nitrogens with zero attached hydrogens (tertiary/aromatic N) is 4. The molecule has 2 aromatic rings. The first-order valence-corrected chi connectivity index (χ1v) is 6.67. The highest BCUT2D eigenvalue weighted by atomic mass is 79.9. The van der Waals surface area contributed by atoms with Gasteiger partial charge in [-0.15, -0.1) is 5.10 Å². The van der Waals surface area contributed by atoms with Crippen LogP contribution >= 0.6 is 15.9 Å². The van der Waals surface area contributed by atoms with Crippen LogP contribution in [0.4, 0.5) is 0 Å². The molecule has 0 aliphatic carbocycles. The molecule has 0 radical (unpaired) electrons. The SMILES string of the molecule is CC(C)CNCc1cn(-c2cncc(Br)c2)nn1. The van der Waals surface area contributed by atoms with E-state index in [1.54, 1.807) is 17.1 Å². The van der Waals surface area contributed by atoms with E-state index in [0.29, 0.717) is 5.92 Å². The van der Waals surface area contributed by atoms with Gasteiger partial charge in [0.1, 0.15) is 0 Å². The Hall–Kier alpha value is -1.27. The minimum atomic E-state index is 0.634. The molecule has 0 amide bonds. The predicted octanol–water partition coefficient (Wildman–Crippen LogP) is 2.17. The summed E-state index contributed by atoms with van der Waals surface area (Å²) in [6.07, 6.45) is 5.41. The van der Waals surface area contributed by atoms with Crippen LogP contribution < -0.4 is 5.32 Å². The second-order valence-corrected chi connectivity index (χ2v) is 5.46. The number of nitrogens with one attached hydrogen (secondary N) is 1. The van der Waals surface area contributed by atoms with Crippen molar-refractivity contribution >= 4 is 15.9 Å². The standard InChI is InChI=1S/C12H16BrN5/c1-9(2)4-14-6-11-8-18(17-16-11)12-3-10(13)5-15-7-12/h3,5,7-9,14H,4,6H2,1-2H3. The second-order valence-electron chi connectivity index (χ2n) is 4.54. The topological polar surface area (TPSA) is 55.6 Å². The molecule has 6 heteroatoms. The van der Waals surface area contributed by atoms with Crippen molar-refractivity contribution in [1.29, 1.82) is 0 Å². The highest BCUT2D eigenvalue weighted by molar-refractivity contribution is 9.10. The third kappa shape index (κ3) is 3.61. The Balaban J connectivity index is 2.02. The highest BCUT2D eigenvalue weighted by Crippen LogP contribution is 2.12. The van der Waals surface area contributed by atoms with Gasteiger partial charge in [-0.05, 0) is 34.5 Å². The number of aromatic nitrogens is 4. The lowest BCUT2D eigenvalue weighted by Gasteiger charge is -2.04. The molecule has 0 bridgehead atoms. The maximum absolute atomic E-state index is 4.13. The Kier molecular flexibility index (Phi) is 4.43. The minimum absolute atomic E-state index is 0.634. The lowest BCUT2D eigenvalue weighted by atomic mass is 10.2. The van der Waals surface area contributed by atoms with Gasteiger partial charge >= 0.3 is 0 Å². The molecule has 18 heavy (non-hydrogen) atoms. The molecule has 0 fully saturated rings. The van der Waals surface area contributed by atoms with Crippen LogP contribution in [0.5, 0.6) is 0 Å². The zero-order valence-corrected chi connectivity index (χ0v) is 12.1. The highest BCUT2D eigenvalue weighted by Gasteiger charge is 2.03. The number of pyridine rings is 1. The average Bonchev–Trinajstić information content (AvgIpc) is 2.77. The van der Waals surface area contributed by atoms with Crippen LogP contribution in [0.1, 0.15) is 19.5 Å². The smallest absolute Gasteiger partial charge is 0.0969 e. The van der Waals surface area contributed by atoms with Crippen molar-refractivity contribution in [1.82, 2.24) is 25.3 Å². The molecule has 0 aliphatic heterocycles. The Morgan fingerprint density at radius 3 is 2.94 bits per heavy atom. The second kappa shape index (κ2) is 6.06. The van der Waals surface area contributed by atoms with Gasteiger partial charge < -0.3 is 5.32 Å². The summed E-state index contributed by atoms with van der Waals surface area (Å²) in [6, 6.07) is 1.95. The van der Waals surface area contributed by atoms with Crippen molar-refractivity contribution in [3.05, 3.63) is 34.8 Å². The van der Waals surface area contributed by atoms with Crippen LogP contribution in [0, 0.1) is 5.92 Å². The van der Waals surface area contributed by atoms with E-state index in [2.05, 4.69) is 50.4 Å². The van der Waals surface area contributed by atoms with E-state index < -0.39 is 0 Å². The molecule has 0 saturated heterocycles. The van der Waals surface area contributed by atoms with E-state index in [4.69, 9.17) is 0 Å². The van der Waals surface area contributed by atoms with E-state index >= 15 is 0 Å². The maximum Gasteiger partial charge on any atom is 0.0969 e. The molecule has 0 spiro atoms. The molecule has 0 saturated carbocycles. The van der Waals surface area contributed by atoms with Gasteiger partial charge in [-0.3, -0.25) is 4.98 Å². The monoisotopic (exact) mass is 309 g/mol. The predicted molar refractivity (Wildman–Crippen MR) is 73.4 cm³/mol. The summed E-state index contributed by atoms with van der Waals surface area (Å²) < 4.78 is 2.65. The van der Waals surface area contributed by atoms with Gasteiger partial charge in [-0.25, -0.2) is 4.68 Å². The van der Waals surface area contributed by atoms with Gasteiger partial charge in [0.25, 0.3) is 0 Å². The molecule has 5 nitrogen and oxygen atoms in total. The van der Waals surface area contributed by atoms with Crippen LogP contribution in [0.25, 0.3) is 5.69 Å². The van der Waals surface area contributed by atoms with Gasteiger partial charge in [-0.2, -0.15) is 0 Å². The van der Waals surface area contributed by atoms with E-state index in [1.165, 1.54) is 0 Å². The van der Waals surface area contributed by atoms with Crippen LogP contribution in [0.3, 0.4) is 0 Å². The lowest BCUT2D eigenvalue weighted by Crippen LogP contribution is -2.19. The largest absolute Gasteiger partial charge is 0.311 e. The Labute approximate surface area is 115 Å². The number of halogens is 1. The van der Waals surface area contributed by atoms with E-state index in [-0.39, 0.29) is 0 Å². The molecule has 96 valence electrons. The Bertz CT molecular complexity index is 509. The zero-order valence-electron chi connectivity index (χ0n) is 10.5. The summed E-state index contributed by atoms with van der Waals surface area (Å²) in [5.74, 6) is 0.634. The van der Waals surface area contributed by atoms with Crippen LogP contribution in [0.2, 0.25) is 0 Å². The van der Waals surface area contributed by atoms with Crippen molar-refractivity contribution in [2.24, 2.45) is 5.92 Å². The summed E-state index contributed by atoms with van der Waals surface area (Å²) in [7, 11) is 0. The summed E-state index contributed by atoms with van der Waals surface area (Å²) in [5, 5.41) is 11.6. The molecular weight excluding hydrogens is 294 g/mol. The minimum Gasteiger partial charge on any atom is -0.311 e. The van der Waals surface area contributed by atoms with Gasteiger partial charge in [0, 0.05) is 17.2 Å². The molecule has 1 N–H and O–H groups in total. The fourth-order valence-electron chi connectivity index (χ4n) is 1.52. The first-order chi connectivity index (χ1) is 8.65. The van der Waals surface area contributed by atoms with Crippen molar-refractivity contribution < 1.29 is 0 Å². The van der Waals surface area contributed by atoms with Crippen LogP contribution in [0.15, 0.2) is 29.1 Å². The van der Waals surface area contributed by atoms with Crippen LogP contribution in [-0.2, 0) is 6.54 Å². The van der Waals surface area contributed by atoms with E-state index in [9.17, 15) is 0 Å². The number of rotatable bonds is 5. The molecule has 2 heterocycles. The molecule has 0 aliphatic rings. The molecule has 0 atom stereocenters. The zero-order chi connectivity index (χ0) is 13.0. The third-order valence-corrected chi connectivity index (χ3v) is 2.79. The fraction of sp³-hybridized carbons (Fsp3) is 0.417. The summed E-state index contributed by atoms with van der Waals surface area (Å²) in [4.78, 5) is 4.10. The van der Waals surface area contributed by atoms with Gasteiger partial charge in [-0.1, -0.05) is 19.1 Å². The molecule has 2 rings (SSSR count).